The van der Waals surface area contributed by atoms with E-state index in [2.05, 4.69) is 31.3 Å². The van der Waals surface area contributed by atoms with E-state index in [1.54, 1.807) is 29.9 Å². The van der Waals surface area contributed by atoms with Crippen LogP contribution in [-0.2, 0) is 16.1 Å². The van der Waals surface area contributed by atoms with Crippen LogP contribution < -0.4 is 5.32 Å². The summed E-state index contributed by atoms with van der Waals surface area (Å²) in [6.45, 7) is 7.10. The van der Waals surface area contributed by atoms with Gasteiger partial charge in [-0.1, -0.05) is 13.0 Å². The number of rotatable bonds is 8. The van der Waals surface area contributed by atoms with Crippen LogP contribution >= 0.6 is 11.3 Å². The Morgan fingerprint density at radius 2 is 2.17 bits per heavy atom. The number of ether oxygens (including phenoxy) is 1. The van der Waals surface area contributed by atoms with Crippen molar-refractivity contribution < 1.29 is 9.53 Å². The zero-order chi connectivity index (χ0) is 20.8. The molecule has 0 aliphatic carbocycles. The average Bonchev–Trinajstić information content (AvgIpc) is 3.44. The van der Waals surface area contributed by atoms with Crippen LogP contribution in [0.25, 0.3) is 21.8 Å². The Balaban J connectivity index is 1.40. The highest BCUT2D eigenvalue weighted by Gasteiger charge is 2.20. The van der Waals surface area contributed by atoms with Crippen molar-refractivity contribution in [1.82, 2.24) is 30.0 Å². The van der Waals surface area contributed by atoms with Gasteiger partial charge in [-0.2, -0.15) is 5.10 Å². The molecule has 1 aliphatic rings. The van der Waals surface area contributed by atoms with E-state index in [1.165, 1.54) is 0 Å². The standard InChI is InChI=1S/C21H26N6O2S/c1-16(15-26-8-10-29-11-9-26)21(28)24-6-7-27-20(19-3-2-12-30-19)17(13-25-27)18-14-22-4-5-23-18/h2-5,12-14,16H,6-11,15H2,1H3,(H,24,28). The fourth-order valence-electron chi connectivity index (χ4n) is 3.57. The Hall–Kier alpha value is -2.62. The topological polar surface area (TPSA) is 85.2 Å². The summed E-state index contributed by atoms with van der Waals surface area (Å²) in [5.74, 6) is 0.00751. The van der Waals surface area contributed by atoms with Gasteiger partial charge in [-0.25, -0.2) is 0 Å². The zero-order valence-corrected chi connectivity index (χ0v) is 17.8. The van der Waals surface area contributed by atoms with Crippen molar-refractivity contribution in [3.05, 3.63) is 42.3 Å². The van der Waals surface area contributed by atoms with E-state index in [4.69, 9.17) is 4.74 Å². The summed E-state index contributed by atoms with van der Waals surface area (Å²) in [5, 5.41) is 9.67. The number of hydrogen-bond donors (Lipinski definition) is 1. The first kappa shape index (κ1) is 20.6. The lowest BCUT2D eigenvalue weighted by Crippen LogP contribution is -2.43. The summed E-state index contributed by atoms with van der Waals surface area (Å²) in [7, 11) is 0. The van der Waals surface area contributed by atoms with Gasteiger partial charge in [0.1, 0.15) is 0 Å². The first-order valence-electron chi connectivity index (χ1n) is 10.2. The summed E-state index contributed by atoms with van der Waals surface area (Å²) >= 11 is 1.66. The molecule has 0 saturated carbocycles. The Kier molecular flexibility index (Phi) is 6.83. The van der Waals surface area contributed by atoms with Gasteiger partial charge in [0, 0.05) is 50.1 Å². The van der Waals surface area contributed by atoms with E-state index in [1.807, 2.05) is 29.2 Å². The second-order valence-electron chi connectivity index (χ2n) is 7.30. The lowest BCUT2D eigenvalue weighted by molar-refractivity contribution is -0.125. The van der Waals surface area contributed by atoms with Gasteiger partial charge in [0.15, 0.2) is 0 Å². The van der Waals surface area contributed by atoms with Crippen molar-refractivity contribution in [3.8, 4) is 21.8 Å². The molecule has 8 nitrogen and oxygen atoms in total. The van der Waals surface area contributed by atoms with E-state index in [-0.39, 0.29) is 11.8 Å². The van der Waals surface area contributed by atoms with Gasteiger partial charge in [0.2, 0.25) is 5.91 Å². The SMILES string of the molecule is CC(CN1CCOCC1)C(=O)NCCn1ncc(-c2cnccn2)c1-c1cccs1. The molecule has 158 valence electrons. The first-order chi connectivity index (χ1) is 14.7. The molecule has 30 heavy (non-hydrogen) atoms. The van der Waals surface area contributed by atoms with Gasteiger partial charge in [-0.15, -0.1) is 11.3 Å². The highest BCUT2D eigenvalue weighted by molar-refractivity contribution is 7.13. The van der Waals surface area contributed by atoms with Gasteiger partial charge in [0.25, 0.3) is 0 Å². The molecule has 3 aromatic rings. The number of morpholine rings is 1. The largest absolute Gasteiger partial charge is 0.379 e. The molecule has 1 atom stereocenters. The van der Waals surface area contributed by atoms with Gasteiger partial charge in [0.05, 0.1) is 48.4 Å². The molecule has 4 heterocycles. The second kappa shape index (κ2) is 9.92. The molecule has 1 fully saturated rings. The highest BCUT2D eigenvalue weighted by atomic mass is 32.1. The van der Waals surface area contributed by atoms with Crippen LogP contribution in [0.15, 0.2) is 42.3 Å². The molecule has 9 heteroatoms. The highest BCUT2D eigenvalue weighted by Crippen LogP contribution is 2.33. The Morgan fingerprint density at radius 1 is 1.30 bits per heavy atom. The lowest BCUT2D eigenvalue weighted by Gasteiger charge is -2.28. The summed E-state index contributed by atoms with van der Waals surface area (Å²) in [6, 6.07) is 4.09. The number of carbonyl (C=O) groups excluding carboxylic acids is 1. The van der Waals surface area contributed by atoms with Crippen LogP contribution in [0.5, 0.6) is 0 Å². The fourth-order valence-corrected chi connectivity index (χ4v) is 4.35. The van der Waals surface area contributed by atoms with Crippen LogP contribution in [-0.4, -0.2) is 69.9 Å². The maximum Gasteiger partial charge on any atom is 0.224 e. The maximum absolute atomic E-state index is 12.5. The van der Waals surface area contributed by atoms with Crippen molar-refractivity contribution in [2.45, 2.75) is 13.5 Å². The Bertz CT molecular complexity index is 938. The number of nitrogens with one attached hydrogen (secondary N) is 1. The van der Waals surface area contributed by atoms with Crippen molar-refractivity contribution in [2.75, 3.05) is 39.4 Å². The van der Waals surface area contributed by atoms with Gasteiger partial charge < -0.3 is 10.1 Å². The molecule has 0 bridgehead atoms. The third-order valence-corrected chi connectivity index (χ3v) is 6.02. The summed E-state index contributed by atoms with van der Waals surface area (Å²) in [6.07, 6.45) is 6.91. The van der Waals surface area contributed by atoms with Crippen LogP contribution in [0, 0.1) is 5.92 Å². The van der Waals surface area contributed by atoms with Crippen molar-refractivity contribution in [1.29, 1.82) is 0 Å². The summed E-state index contributed by atoms with van der Waals surface area (Å²) in [4.78, 5) is 24.5. The number of thiophene rings is 1. The number of nitrogens with zero attached hydrogens (tertiary/aromatic N) is 5. The quantitative estimate of drug-likeness (QED) is 0.594. The predicted octanol–water partition coefficient (Wildman–Crippen LogP) is 2.15. The van der Waals surface area contributed by atoms with E-state index in [0.717, 1.165) is 54.7 Å². The monoisotopic (exact) mass is 426 g/mol. The van der Waals surface area contributed by atoms with Crippen molar-refractivity contribution in [3.63, 3.8) is 0 Å². The van der Waals surface area contributed by atoms with Crippen LogP contribution in [0.1, 0.15) is 6.92 Å². The third-order valence-electron chi connectivity index (χ3n) is 5.14. The van der Waals surface area contributed by atoms with Crippen molar-refractivity contribution in [2.24, 2.45) is 5.92 Å². The molecular formula is C21H26N6O2S. The molecular weight excluding hydrogens is 400 g/mol. The zero-order valence-electron chi connectivity index (χ0n) is 17.0. The normalized spacial score (nSPS) is 15.8. The Morgan fingerprint density at radius 3 is 2.90 bits per heavy atom. The maximum atomic E-state index is 12.5. The molecule has 1 N–H and O–H groups in total. The number of carbonyl (C=O) groups is 1. The molecule has 1 unspecified atom stereocenters. The molecule has 4 rings (SSSR count). The molecule has 1 amide bonds. The summed E-state index contributed by atoms with van der Waals surface area (Å²) in [5.41, 5.74) is 2.73. The third kappa shape index (κ3) is 4.92. The first-order valence-corrected chi connectivity index (χ1v) is 11.0. The smallest absolute Gasteiger partial charge is 0.224 e. The number of amides is 1. The minimum Gasteiger partial charge on any atom is -0.379 e. The van der Waals surface area contributed by atoms with E-state index in [0.29, 0.717) is 13.1 Å². The number of hydrogen-bond acceptors (Lipinski definition) is 7. The molecule has 0 radical (unpaired) electrons. The van der Waals surface area contributed by atoms with E-state index in [9.17, 15) is 4.79 Å². The minimum absolute atomic E-state index is 0.0624. The molecule has 0 spiro atoms. The molecule has 3 aromatic heterocycles. The predicted molar refractivity (Wildman–Crippen MR) is 116 cm³/mol. The lowest BCUT2D eigenvalue weighted by atomic mass is 10.1. The number of aromatic nitrogens is 4. The van der Waals surface area contributed by atoms with Gasteiger partial charge >= 0.3 is 0 Å². The molecule has 0 aromatic carbocycles. The van der Waals surface area contributed by atoms with Gasteiger partial charge in [-0.3, -0.25) is 24.3 Å². The Labute approximate surface area is 179 Å². The molecule has 1 saturated heterocycles. The van der Waals surface area contributed by atoms with Crippen molar-refractivity contribution >= 4 is 17.2 Å². The molecule has 1 aliphatic heterocycles. The fraction of sp³-hybridized carbons (Fsp3) is 0.429. The summed E-state index contributed by atoms with van der Waals surface area (Å²) < 4.78 is 7.31. The van der Waals surface area contributed by atoms with Crippen LogP contribution in [0.4, 0.5) is 0 Å². The minimum atomic E-state index is -0.0624. The average molecular weight is 427 g/mol. The second-order valence-corrected chi connectivity index (χ2v) is 8.25. The van der Waals surface area contributed by atoms with Crippen LogP contribution in [0.3, 0.4) is 0 Å². The van der Waals surface area contributed by atoms with E-state index < -0.39 is 0 Å². The van der Waals surface area contributed by atoms with E-state index >= 15 is 0 Å². The van der Waals surface area contributed by atoms with Crippen LogP contribution in [0.2, 0.25) is 0 Å². The van der Waals surface area contributed by atoms with Gasteiger partial charge in [-0.05, 0) is 11.4 Å².